The molecule has 0 radical (unpaired) electrons. The van der Waals surface area contributed by atoms with Crippen LogP contribution in [-0.2, 0) is 14.3 Å². The van der Waals surface area contributed by atoms with Crippen LogP contribution >= 0.6 is 0 Å². The average molecular weight is 290 g/mol. The first-order valence-electron chi connectivity index (χ1n) is 7.17. The molecule has 1 N–H and O–H groups in total. The van der Waals surface area contributed by atoms with Gasteiger partial charge < -0.3 is 10.1 Å². The number of amides is 1. The summed E-state index contributed by atoms with van der Waals surface area (Å²) in [5.74, 6) is -0.339. The lowest BCUT2D eigenvalue weighted by atomic mass is 10.1. The van der Waals surface area contributed by atoms with E-state index in [9.17, 15) is 9.59 Å². The minimum atomic E-state index is -0.187. The highest BCUT2D eigenvalue weighted by molar-refractivity contribution is 5.93. The molecule has 0 saturated carbocycles. The molecule has 1 atom stereocenters. The molecule has 2 rings (SSSR count). The third-order valence-corrected chi connectivity index (χ3v) is 3.92. The van der Waals surface area contributed by atoms with Crippen molar-refractivity contribution >= 4 is 17.6 Å². The van der Waals surface area contributed by atoms with Crippen LogP contribution < -0.4 is 5.32 Å². The predicted molar refractivity (Wildman–Crippen MR) is 81.1 cm³/mol. The Balaban J connectivity index is 1.90. The predicted octanol–water partition coefficient (Wildman–Crippen LogP) is 1.74. The second-order valence-electron chi connectivity index (χ2n) is 5.56. The van der Waals surface area contributed by atoms with Crippen LogP contribution in [0.2, 0.25) is 0 Å². The molecule has 1 aliphatic rings. The van der Waals surface area contributed by atoms with Crippen LogP contribution in [-0.4, -0.2) is 43.5 Å². The van der Waals surface area contributed by atoms with Crippen molar-refractivity contribution in [3.8, 4) is 0 Å². The number of esters is 1. The number of carbonyl (C=O) groups is 2. The summed E-state index contributed by atoms with van der Waals surface area (Å²) in [7, 11) is 1.40. The maximum atomic E-state index is 12.1. The quantitative estimate of drug-likeness (QED) is 0.858. The first-order chi connectivity index (χ1) is 10.0. The van der Waals surface area contributed by atoms with E-state index in [4.69, 9.17) is 4.74 Å². The van der Waals surface area contributed by atoms with E-state index in [1.807, 2.05) is 36.9 Å². The number of nitrogens with zero attached hydrogens (tertiary/aromatic N) is 1. The third-order valence-electron chi connectivity index (χ3n) is 3.92. The van der Waals surface area contributed by atoms with E-state index in [-0.39, 0.29) is 17.8 Å². The molecule has 21 heavy (non-hydrogen) atoms. The molecule has 0 aromatic heterocycles. The van der Waals surface area contributed by atoms with E-state index in [0.717, 1.165) is 29.8 Å². The lowest BCUT2D eigenvalue weighted by molar-refractivity contribution is -0.145. The van der Waals surface area contributed by atoms with Gasteiger partial charge in [0.05, 0.1) is 19.6 Å². The molecule has 1 unspecified atom stereocenters. The monoisotopic (exact) mass is 290 g/mol. The zero-order valence-corrected chi connectivity index (χ0v) is 12.8. The van der Waals surface area contributed by atoms with E-state index in [1.54, 1.807) is 0 Å². The summed E-state index contributed by atoms with van der Waals surface area (Å²) in [4.78, 5) is 25.6. The van der Waals surface area contributed by atoms with Crippen molar-refractivity contribution in [2.24, 2.45) is 5.92 Å². The lowest BCUT2D eigenvalue weighted by Gasteiger charge is -2.17. The van der Waals surface area contributed by atoms with Gasteiger partial charge >= 0.3 is 5.97 Å². The number of benzene rings is 1. The highest BCUT2D eigenvalue weighted by Gasteiger charge is 2.29. The van der Waals surface area contributed by atoms with Gasteiger partial charge in [0.1, 0.15) is 0 Å². The molecular weight excluding hydrogens is 268 g/mol. The fraction of sp³-hybridized carbons (Fsp3) is 0.500. The molecule has 1 heterocycles. The Kier molecular flexibility index (Phi) is 4.96. The van der Waals surface area contributed by atoms with Gasteiger partial charge in [-0.05, 0) is 37.9 Å². The summed E-state index contributed by atoms with van der Waals surface area (Å²) in [6, 6.07) is 5.93. The van der Waals surface area contributed by atoms with Crippen LogP contribution in [0.5, 0.6) is 0 Å². The Morgan fingerprint density at radius 1 is 1.33 bits per heavy atom. The van der Waals surface area contributed by atoms with Crippen molar-refractivity contribution in [3.05, 3.63) is 29.3 Å². The molecule has 0 aliphatic carbocycles. The molecular formula is C16H22N2O3. The number of ether oxygens (including phenoxy) is 1. The number of hydrogen-bond donors (Lipinski definition) is 1. The Morgan fingerprint density at radius 2 is 2.00 bits per heavy atom. The van der Waals surface area contributed by atoms with E-state index in [2.05, 4.69) is 5.32 Å². The van der Waals surface area contributed by atoms with Gasteiger partial charge in [0, 0.05) is 12.2 Å². The first kappa shape index (κ1) is 15.5. The first-order valence-corrected chi connectivity index (χ1v) is 7.17. The van der Waals surface area contributed by atoms with Crippen LogP contribution in [0.1, 0.15) is 17.5 Å². The fourth-order valence-corrected chi connectivity index (χ4v) is 2.73. The van der Waals surface area contributed by atoms with Gasteiger partial charge in [-0.3, -0.25) is 14.5 Å². The van der Waals surface area contributed by atoms with Crippen molar-refractivity contribution in [1.29, 1.82) is 0 Å². The summed E-state index contributed by atoms with van der Waals surface area (Å²) in [6.45, 7) is 5.60. The minimum absolute atomic E-state index is 0.0436. The van der Waals surface area contributed by atoms with E-state index in [0.29, 0.717) is 13.1 Å². The molecule has 0 spiro atoms. The minimum Gasteiger partial charge on any atom is -0.469 e. The molecule has 1 fully saturated rings. The van der Waals surface area contributed by atoms with Gasteiger partial charge in [-0.2, -0.15) is 0 Å². The smallest absolute Gasteiger partial charge is 0.310 e. The lowest BCUT2D eigenvalue weighted by Crippen LogP contribution is -2.32. The van der Waals surface area contributed by atoms with Crippen LogP contribution in [0.4, 0.5) is 5.69 Å². The summed E-state index contributed by atoms with van der Waals surface area (Å²) in [5.41, 5.74) is 2.99. The van der Waals surface area contributed by atoms with E-state index < -0.39 is 0 Å². The number of para-hydroxylation sites is 1. The number of methoxy groups -OCH3 is 1. The number of carbonyl (C=O) groups excluding carboxylic acids is 2. The molecule has 1 aromatic carbocycles. The van der Waals surface area contributed by atoms with Crippen molar-refractivity contribution in [3.63, 3.8) is 0 Å². The molecule has 114 valence electrons. The zero-order chi connectivity index (χ0) is 15.4. The molecule has 0 bridgehead atoms. The highest BCUT2D eigenvalue weighted by Crippen LogP contribution is 2.20. The number of likely N-dealkylation sites (tertiary alicyclic amines) is 1. The molecule has 1 aromatic rings. The molecule has 1 amide bonds. The number of rotatable bonds is 4. The summed E-state index contributed by atoms with van der Waals surface area (Å²) in [5, 5.41) is 2.97. The second-order valence-corrected chi connectivity index (χ2v) is 5.56. The largest absolute Gasteiger partial charge is 0.469 e. The van der Waals surface area contributed by atoms with Crippen molar-refractivity contribution < 1.29 is 14.3 Å². The van der Waals surface area contributed by atoms with Crippen molar-refractivity contribution in [1.82, 2.24) is 4.90 Å². The average Bonchev–Trinajstić information content (AvgIpc) is 2.90. The van der Waals surface area contributed by atoms with Crippen LogP contribution in [0.25, 0.3) is 0 Å². The van der Waals surface area contributed by atoms with Gasteiger partial charge in [0.2, 0.25) is 5.91 Å². The van der Waals surface area contributed by atoms with E-state index >= 15 is 0 Å². The van der Waals surface area contributed by atoms with Gasteiger partial charge in [-0.1, -0.05) is 18.2 Å². The SMILES string of the molecule is COC(=O)C1CCN(CC(=O)Nc2c(C)cccc2C)C1. The molecule has 1 saturated heterocycles. The van der Waals surface area contributed by atoms with Crippen molar-refractivity contribution in [2.75, 3.05) is 32.1 Å². The van der Waals surface area contributed by atoms with Gasteiger partial charge in [0.15, 0.2) is 0 Å². The maximum Gasteiger partial charge on any atom is 0.310 e. The van der Waals surface area contributed by atoms with Crippen LogP contribution in [0.15, 0.2) is 18.2 Å². The fourth-order valence-electron chi connectivity index (χ4n) is 2.73. The Morgan fingerprint density at radius 3 is 2.62 bits per heavy atom. The standard InChI is InChI=1S/C16H22N2O3/c1-11-5-4-6-12(2)15(11)17-14(19)10-18-8-7-13(9-18)16(20)21-3/h4-6,13H,7-10H2,1-3H3,(H,17,19). The molecule has 5 heteroatoms. The van der Waals surface area contributed by atoms with E-state index in [1.165, 1.54) is 7.11 Å². The van der Waals surface area contributed by atoms with Gasteiger partial charge in [0.25, 0.3) is 0 Å². The Bertz CT molecular complexity index is 522. The number of hydrogen-bond acceptors (Lipinski definition) is 4. The zero-order valence-electron chi connectivity index (χ0n) is 12.8. The highest BCUT2D eigenvalue weighted by atomic mass is 16.5. The Labute approximate surface area is 125 Å². The number of nitrogens with one attached hydrogen (secondary N) is 1. The summed E-state index contributed by atoms with van der Waals surface area (Å²) in [6.07, 6.45) is 0.753. The maximum absolute atomic E-state index is 12.1. The second kappa shape index (κ2) is 6.72. The van der Waals surface area contributed by atoms with Crippen molar-refractivity contribution in [2.45, 2.75) is 20.3 Å². The van der Waals surface area contributed by atoms with Gasteiger partial charge in [-0.25, -0.2) is 0 Å². The number of aryl methyl sites for hydroxylation is 2. The number of anilines is 1. The van der Waals surface area contributed by atoms with Crippen LogP contribution in [0, 0.1) is 19.8 Å². The Hall–Kier alpha value is -1.88. The third kappa shape index (κ3) is 3.82. The molecule has 5 nitrogen and oxygen atoms in total. The van der Waals surface area contributed by atoms with Gasteiger partial charge in [-0.15, -0.1) is 0 Å². The topological polar surface area (TPSA) is 58.6 Å². The normalized spacial score (nSPS) is 18.5. The summed E-state index contributed by atoms with van der Waals surface area (Å²) >= 11 is 0. The molecule has 1 aliphatic heterocycles. The van der Waals surface area contributed by atoms with Crippen LogP contribution in [0.3, 0.4) is 0 Å². The summed E-state index contributed by atoms with van der Waals surface area (Å²) < 4.78 is 4.75.